The fraction of sp³-hybridized carbons (Fsp3) is 1.00. The van der Waals surface area contributed by atoms with Gasteiger partial charge >= 0.3 is 0 Å². The number of fused-ring (bicyclic) bond motifs is 1. The van der Waals surface area contributed by atoms with Gasteiger partial charge in [-0.25, -0.2) is 0 Å². The van der Waals surface area contributed by atoms with Crippen LogP contribution in [0.5, 0.6) is 0 Å². The highest BCUT2D eigenvalue weighted by atomic mass is 16.5. The van der Waals surface area contributed by atoms with Crippen LogP contribution in [0.1, 0.15) is 32.6 Å². The van der Waals surface area contributed by atoms with E-state index in [1.54, 1.807) is 0 Å². The number of morpholine rings is 1. The summed E-state index contributed by atoms with van der Waals surface area (Å²) < 4.78 is 5.82. The van der Waals surface area contributed by atoms with E-state index in [9.17, 15) is 5.11 Å². The molecule has 1 aliphatic carbocycles. The predicted octanol–water partition coefficient (Wildman–Crippen LogP) is 0.338. The lowest BCUT2D eigenvalue weighted by Crippen LogP contribution is -2.61. The zero-order valence-electron chi connectivity index (χ0n) is 10.1. The molecule has 2 aliphatic rings. The highest BCUT2D eigenvalue weighted by Gasteiger charge is 2.38. The number of hydrogen-bond donors (Lipinski definition) is 2. The van der Waals surface area contributed by atoms with Gasteiger partial charge in [-0.3, -0.25) is 4.90 Å². The van der Waals surface area contributed by atoms with Gasteiger partial charge in [-0.05, 0) is 19.8 Å². The van der Waals surface area contributed by atoms with Crippen LogP contribution in [0.3, 0.4) is 0 Å². The Balaban J connectivity index is 2.06. The van der Waals surface area contributed by atoms with Gasteiger partial charge in [-0.1, -0.05) is 12.8 Å². The van der Waals surface area contributed by atoms with E-state index in [-0.39, 0.29) is 18.7 Å². The Labute approximate surface area is 97.7 Å². The van der Waals surface area contributed by atoms with Gasteiger partial charge < -0.3 is 15.6 Å². The molecule has 4 nitrogen and oxygen atoms in total. The third kappa shape index (κ3) is 2.40. The molecular formula is C12H24N2O2. The molecule has 1 saturated carbocycles. The van der Waals surface area contributed by atoms with Gasteiger partial charge in [0, 0.05) is 24.7 Å². The second-order valence-corrected chi connectivity index (χ2v) is 5.11. The maximum Gasteiger partial charge on any atom is 0.0731 e. The lowest BCUT2D eigenvalue weighted by molar-refractivity contribution is -0.110. The maximum atomic E-state index is 9.48. The van der Waals surface area contributed by atoms with Crippen LogP contribution in [-0.4, -0.2) is 54.0 Å². The average molecular weight is 228 g/mol. The summed E-state index contributed by atoms with van der Waals surface area (Å²) in [6.45, 7) is 3.83. The molecule has 4 unspecified atom stereocenters. The van der Waals surface area contributed by atoms with E-state index >= 15 is 0 Å². The van der Waals surface area contributed by atoms with E-state index in [0.29, 0.717) is 12.1 Å². The minimum absolute atomic E-state index is 0.0191. The lowest BCUT2D eigenvalue weighted by Gasteiger charge is -2.47. The molecule has 1 aliphatic heterocycles. The first kappa shape index (κ1) is 12.3. The van der Waals surface area contributed by atoms with Gasteiger partial charge in [0.2, 0.25) is 0 Å². The van der Waals surface area contributed by atoms with Crippen LogP contribution in [0.25, 0.3) is 0 Å². The van der Waals surface area contributed by atoms with Crippen molar-refractivity contribution in [2.75, 3.05) is 19.8 Å². The average Bonchev–Trinajstić information content (AvgIpc) is 2.30. The Hall–Kier alpha value is -0.160. The molecule has 0 spiro atoms. The van der Waals surface area contributed by atoms with E-state index in [1.165, 1.54) is 19.3 Å². The molecule has 0 aromatic rings. The van der Waals surface area contributed by atoms with E-state index in [2.05, 4.69) is 4.90 Å². The van der Waals surface area contributed by atoms with Crippen LogP contribution in [-0.2, 0) is 4.74 Å². The van der Waals surface area contributed by atoms with Crippen LogP contribution in [0.2, 0.25) is 0 Å². The van der Waals surface area contributed by atoms with Crippen LogP contribution in [0.4, 0.5) is 0 Å². The molecule has 1 heterocycles. The summed E-state index contributed by atoms with van der Waals surface area (Å²) in [4.78, 5) is 2.39. The van der Waals surface area contributed by atoms with Crippen molar-refractivity contribution in [2.45, 2.75) is 56.8 Å². The van der Waals surface area contributed by atoms with E-state index in [0.717, 1.165) is 19.6 Å². The molecule has 0 aromatic heterocycles. The fourth-order valence-corrected chi connectivity index (χ4v) is 3.11. The molecule has 94 valence electrons. The van der Waals surface area contributed by atoms with Crippen LogP contribution >= 0.6 is 0 Å². The van der Waals surface area contributed by atoms with Crippen molar-refractivity contribution < 1.29 is 9.84 Å². The second-order valence-electron chi connectivity index (χ2n) is 5.11. The number of ether oxygens (including phenoxy) is 1. The van der Waals surface area contributed by atoms with Crippen molar-refractivity contribution in [3.63, 3.8) is 0 Å². The zero-order valence-corrected chi connectivity index (χ0v) is 10.1. The first-order valence-electron chi connectivity index (χ1n) is 6.48. The van der Waals surface area contributed by atoms with E-state index in [4.69, 9.17) is 10.5 Å². The molecule has 4 atom stereocenters. The minimum atomic E-state index is 0.0191. The van der Waals surface area contributed by atoms with Crippen molar-refractivity contribution >= 4 is 0 Å². The Morgan fingerprint density at radius 2 is 2.19 bits per heavy atom. The summed E-state index contributed by atoms with van der Waals surface area (Å²) >= 11 is 0. The van der Waals surface area contributed by atoms with Gasteiger partial charge in [0.25, 0.3) is 0 Å². The van der Waals surface area contributed by atoms with Gasteiger partial charge in [0.1, 0.15) is 0 Å². The van der Waals surface area contributed by atoms with Crippen molar-refractivity contribution in [1.82, 2.24) is 4.90 Å². The molecule has 16 heavy (non-hydrogen) atoms. The highest BCUT2D eigenvalue weighted by Crippen LogP contribution is 2.30. The van der Waals surface area contributed by atoms with Gasteiger partial charge in [-0.15, -0.1) is 0 Å². The normalized spacial score (nSPS) is 35.4. The first-order valence-corrected chi connectivity index (χ1v) is 6.48. The molecule has 0 amide bonds. The molecule has 0 bridgehead atoms. The first-order chi connectivity index (χ1) is 7.74. The zero-order chi connectivity index (χ0) is 11.5. The number of aliphatic hydroxyl groups excluding tert-OH is 1. The Bertz CT molecular complexity index is 221. The van der Waals surface area contributed by atoms with Crippen LogP contribution in [0.15, 0.2) is 0 Å². The van der Waals surface area contributed by atoms with Crippen LogP contribution in [0, 0.1) is 0 Å². The van der Waals surface area contributed by atoms with Crippen molar-refractivity contribution in [3.8, 4) is 0 Å². The monoisotopic (exact) mass is 228 g/mol. The van der Waals surface area contributed by atoms with Gasteiger partial charge in [0.05, 0.1) is 19.3 Å². The molecule has 4 heteroatoms. The summed E-state index contributed by atoms with van der Waals surface area (Å²) in [5.74, 6) is 0. The lowest BCUT2D eigenvalue weighted by atomic mass is 9.88. The number of nitrogens with zero attached hydrogens (tertiary/aromatic N) is 1. The fourth-order valence-electron chi connectivity index (χ4n) is 3.11. The van der Waals surface area contributed by atoms with Crippen molar-refractivity contribution in [2.24, 2.45) is 5.73 Å². The number of rotatable bonds is 3. The summed E-state index contributed by atoms with van der Waals surface area (Å²) in [5.41, 5.74) is 5.96. The summed E-state index contributed by atoms with van der Waals surface area (Å²) in [5, 5.41) is 9.48. The Kier molecular flexibility index (Phi) is 4.19. The molecule has 2 fully saturated rings. The van der Waals surface area contributed by atoms with E-state index < -0.39 is 0 Å². The van der Waals surface area contributed by atoms with Crippen LogP contribution < -0.4 is 5.73 Å². The van der Waals surface area contributed by atoms with Gasteiger partial charge in [0.15, 0.2) is 0 Å². The summed E-state index contributed by atoms with van der Waals surface area (Å²) in [7, 11) is 0. The third-order valence-corrected chi connectivity index (χ3v) is 4.00. The summed E-state index contributed by atoms with van der Waals surface area (Å²) in [6.07, 6.45) is 5.27. The number of nitrogens with two attached hydrogens (primary N) is 1. The number of aliphatic hydroxyl groups is 1. The molecule has 1 saturated heterocycles. The number of hydrogen-bond acceptors (Lipinski definition) is 4. The molecule has 0 aromatic carbocycles. The largest absolute Gasteiger partial charge is 0.395 e. The topological polar surface area (TPSA) is 58.7 Å². The molecule has 3 N–H and O–H groups in total. The highest BCUT2D eigenvalue weighted by molar-refractivity contribution is 4.92. The standard InChI is InChI=1S/C12H24N2O2/c1-9(13)11(8-15)14-6-7-16-12-5-3-2-4-10(12)14/h9-12,15H,2-8,13H2,1H3. The Morgan fingerprint density at radius 1 is 1.44 bits per heavy atom. The maximum absolute atomic E-state index is 9.48. The van der Waals surface area contributed by atoms with E-state index in [1.807, 2.05) is 6.92 Å². The Morgan fingerprint density at radius 3 is 2.88 bits per heavy atom. The smallest absolute Gasteiger partial charge is 0.0731 e. The minimum Gasteiger partial charge on any atom is -0.395 e. The van der Waals surface area contributed by atoms with Gasteiger partial charge in [-0.2, -0.15) is 0 Å². The predicted molar refractivity (Wildman–Crippen MR) is 63.2 cm³/mol. The molecule has 0 radical (unpaired) electrons. The SMILES string of the molecule is CC(N)C(CO)N1CCOC2CCCCC21. The molecule has 2 rings (SSSR count). The molecular weight excluding hydrogens is 204 g/mol. The second kappa shape index (κ2) is 5.45. The third-order valence-electron chi connectivity index (χ3n) is 4.00. The quantitative estimate of drug-likeness (QED) is 0.731. The summed E-state index contributed by atoms with van der Waals surface area (Å²) in [6, 6.07) is 0.589. The van der Waals surface area contributed by atoms with Crippen molar-refractivity contribution in [3.05, 3.63) is 0 Å². The van der Waals surface area contributed by atoms with Crippen molar-refractivity contribution in [1.29, 1.82) is 0 Å².